The number of fused-ring (bicyclic) bond motifs is 1. The Hall–Kier alpha value is -3.68. The average molecular weight is 495 g/mol. The van der Waals surface area contributed by atoms with Crippen LogP contribution in [0.2, 0.25) is 0 Å². The number of allylic oxidation sites excluding steroid dienone is 3. The molecule has 3 rings (SSSR count). The number of aromatic amines is 1. The number of carbonyl (C=O) groups excluding carboxylic acids is 2. The summed E-state index contributed by atoms with van der Waals surface area (Å²) in [6.07, 6.45) is 12.5. The van der Waals surface area contributed by atoms with Crippen molar-refractivity contribution in [1.29, 1.82) is 0 Å². The second-order valence-corrected chi connectivity index (χ2v) is 8.79. The number of benzene rings is 1. The number of hydrogen-bond donors (Lipinski definition) is 4. The van der Waals surface area contributed by atoms with Crippen LogP contribution in [0.3, 0.4) is 0 Å². The zero-order valence-corrected chi connectivity index (χ0v) is 21.5. The van der Waals surface area contributed by atoms with Crippen LogP contribution in [0.5, 0.6) is 5.75 Å². The lowest BCUT2D eigenvalue weighted by Crippen LogP contribution is -2.27. The Bertz CT molecular complexity index is 1130. The maximum Gasteiger partial charge on any atom is 0.220 e. The van der Waals surface area contributed by atoms with Crippen LogP contribution in [0.4, 0.5) is 0 Å². The van der Waals surface area contributed by atoms with Gasteiger partial charge in [-0.25, -0.2) is 0 Å². The van der Waals surface area contributed by atoms with Gasteiger partial charge in [0.25, 0.3) is 0 Å². The molecule has 8 nitrogen and oxygen atoms in total. The molecule has 1 aromatic heterocycles. The first-order chi connectivity index (χ1) is 17.5. The highest BCUT2D eigenvalue weighted by Crippen LogP contribution is 2.23. The summed E-state index contributed by atoms with van der Waals surface area (Å²) in [4.78, 5) is 27.5. The Balaban J connectivity index is 1.26. The number of aromatic nitrogens is 1. The van der Waals surface area contributed by atoms with E-state index in [-0.39, 0.29) is 11.8 Å². The monoisotopic (exact) mass is 494 g/mol. The van der Waals surface area contributed by atoms with E-state index in [2.05, 4.69) is 27.9 Å². The summed E-state index contributed by atoms with van der Waals surface area (Å²) < 4.78 is 10.6. The van der Waals surface area contributed by atoms with Crippen molar-refractivity contribution >= 4 is 22.7 Å². The molecule has 0 unspecified atom stereocenters. The molecule has 0 bridgehead atoms. The van der Waals surface area contributed by atoms with Crippen molar-refractivity contribution in [2.24, 2.45) is 0 Å². The smallest absolute Gasteiger partial charge is 0.220 e. The van der Waals surface area contributed by atoms with E-state index in [9.17, 15) is 9.59 Å². The number of hydrogen-bond acceptors (Lipinski definition) is 5. The van der Waals surface area contributed by atoms with Crippen LogP contribution < -0.4 is 20.7 Å². The van der Waals surface area contributed by atoms with E-state index < -0.39 is 0 Å². The number of nitrogens with one attached hydrogen (secondary N) is 4. The molecule has 0 aliphatic carbocycles. The minimum absolute atomic E-state index is 0.0214. The van der Waals surface area contributed by atoms with Gasteiger partial charge in [-0.15, -0.1) is 0 Å². The van der Waals surface area contributed by atoms with Gasteiger partial charge in [0.05, 0.1) is 14.2 Å². The largest absolute Gasteiger partial charge is 0.497 e. The predicted molar refractivity (Wildman–Crippen MR) is 142 cm³/mol. The summed E-state index contributed by atoms with van der Waals surface area (Å²) >= 11 is 0. The SMILES string of the molecule is CC/C=C(\C=C1/CC(CCNC(=O)CCCC(=O)NCCc2c[nH]c3cc(OC)ccc23)=CN1)OC. The van der Waals surface area contributed by atoms with E-state index in [0.717, 1.165) is 59.4 Å². The number of methoxy groups -OCH3 is 2. The standard InChI is InChI=1S/C28H38N4O4/c1-4-6-23(35-2)16-22-15-20(18-31-22)11-13-29-27(33)7-5-8-28(34)30-14-12-21-19-32-26-17-24(36-3)9-10-25(21)26/h6,9-10,16-19,31-32H,4-5,7-8,11-15H2,1-3H3,(H,29,33)(H,30,34)/b22-16+,23-6+. The van der Waals surface area contributed by atoms with Gasteiger partial charge in [-0.2, -0.15) is 0 Å². The quantitative estimate of drug-likeness (QED) is 0.295. The third-order valence-corrected chi connectivity index (χ3v) is 6.10. The number of amides is 2. The maximum atomic E-state index is 12.2. The molecule has 0 fully saturated rings. The van der Waals surface area contributed by atoms with Gasteiger partial charge in [0, 0.05) is 67.4 Å². The second-order valence-electron chi connectivity index (χ2n) is 8.79. The molecule has 0 radical (unpaired) electrons. The number of rotatable bonds is 14. The van der Waals surface area contributed by atoms with E-state index in [0.29, 0.717) is 32.4 Å². The van der Waals surface area contributed by atoms with Gasteiger partial charge in [-0.3, -0.25) is 9.59 Å². The van der Waals surface area contributed by atoms with Crippen molar-refractivity contribution in [2.45, 2.75) is 51.9 Å². The van der Waals surface area contributed by atoms with Gasteiger partial charge < -0.3 is 30.4 Å². The molecule has 1 aliphatic rings. The van der Waals surface area contributed by atoms with Gasteiger partial charge >= 0.3 is 0 Å². The normalized spacial score (nSPS) is 14.5. The summed E-state index contributed by atoms with van der Waals surface area (Å²) in [5, 5.41) is 10.3. The Morgan fingerprint density at radius 2 is 1.83 bits per heavy atom. The number of H-pyrrole nitrogens is 1. The van der Waals surface area contributed by atoms with Crippen molar-refractivity contribution in [3.63, 3.8) is 0 Å². The summed E-state index contributed by atoms with van der Waals surface area (Å²) in [5.74, 6) is 1.61. The van der Waals surface area contributed by atoms with Crippen LogP contribution >= 0.6 is 0 Å². The number of ether oxygens (including phenoxy) is 2. The van der Waals surface area contributed by atoms with Crippen LogP contribution in [0, 0.1) is 0 Å². The maximum absolute atomic E-state index is 12.2. The average Bonchev–Trinajstić information content (AvgIpc) is 3.50. The lowest BCUT2D eigenvalue weighted by molar-refractivity contribution is -0.122. The molecule has 0 atom stereocenters. The highest BCUT2D eigenvalue weighted by atomic mass is 16.5. The molecular weight excluding hydrogens is 456 g/mol. The van der Waals surface area contributed by atoms with Crippen molar-refractivity contribution in [3.8, 4) is 5.75 Å². The zero-order chi connectivity index (χ0) is 25.8. The third-order valence-electron chi connectivity index (χ3n) is 6.10. The summed E-state index contributed by atoms with van der Waals surface area (Å²) in [7, 11) is 3.32. The Morgan fingerprint density at radius 3 is 2.53 bits per heavy atom. The highest BCUT2D eigenvalue weighted by molar-refractivity contribution is 5.84. The van der Waals surface area contributed by atoms with Crippen molar-refractivity contribution in [3.05, 3.63) is 65.3 Å². The Morgan fingerprint density at radius 1 is 1.08 bits per heavy atom. The Labute approximate surface area is 213 Å². The minimum atomic E-state index is -0.0293. The predicted octanol–water partition coefficient (Wildman–Crippen LogP) is 4.21. The molecule has 4 N–H and O–H groups in total. The zero-order valence-electron chi connectivity index (χ0n) is 21.5. The second kappa shape index (κ2) is 14.0. The van der Waals surface area contributed by atoms with Gasteiger partial charge in [-0.05, 0) is 61.1 Å². The van der Waals surface area contributed by atoms with E-state index in [1.54, 1.807) is 14.2 Å². The lowest BCUT2D eigenvalue weighted by Gasteiger charge is -2.07. The van der Waals surface area contributed by atoms with E-state index >= 15 is 0 Å². The fourth-order valence-electron chi connectivity index (χ4n) is 4.15. The molecule has 194 valence electrons. The van der Waals surface area contributed by atoms with E-state index in [1.807, 2.05) is 42.7 Å². The molecule has 1 aliphatic heterocycles. The summed E-state index contributed by atoms with van der Waals surface area (Å²) in [6, 6.07) is 5.92. The van der Waals surface area contributed by atoms with Crippen LogP contribution in [0.15, 0.2) is 59.8 Å². The van der Waals surface area contributed by atoms with Gasteiger partial charge in [-0.1, -0.05) is 6.92 Å². The first-order valence-corrected chi connectivity index (χ1v) is 12.6. The molecule has 2 amide bonds. The van der Waals surface area contributed by atoms with Gasteiger partial charge in [0.15, 0.2) is 0 Å². The first-order valence-electron chi connectivity index (χ1n) is 12.6. The molecule has 36 heavy (non-hydrogen) atoms. The first kappa shape index (κ1) is 26.9. The lowest BCUT2D eigenvalue weighted by atomic mass is 10.1. The van der Waals surface area contributed by atoms with Crippen molar-refractivity contribution < 1.29 is 19.1 Å². The van der Waals surface area contributed by atoms with Crippen LogP contribution in [-0.4, -0.2) is 44.1 Å². The van der Waals surface area contributed by atoms with Gasteiger partial charge in [0.2, 0.25) is 11.8 Å². The molecular formula is C28H38N4O4. The highest BCUT2D eigenvalue weighted by Gasteiger charge is 2.11. The molecule has 0 saturated carbocycles. The van der Waals surface area contributed by atoms with Crippen LogP contribution in [0.1, 0.15) is 51.0 Å². The molecule has 0 spiro atoms. The molecule has 2 aromatic rings. The fourth-order valence-corrected chi connectivity index (χ4v) is 4.15. The number of carbonyl (C=O) groups is 2. The minimum Gasteiger partial charge on any atom is -0.497 e. The molecule has 2 heterocycles. The molecule has 1 aromatic carbocycles. The summed E-state index contributed by atoms with van der Waals surface area (Å²) in [6.45, 7) is 3.22. The molecule has 8 heteroatoms. The third kappa shape index (κ3) is 8.22. The summed E-state index contributed by atoms with van der Waals surface area (Å²) in [5.41, 5.74) is 4.50. The van der Waals surface area contributed by atoms with Crippen molar-refractivity contribution in [2.75, 3.05) is 27.3 Å². The fraction of sp³-hybridized carbons (Fsp3) is 0.429. The Kier molecular flexibility index (Phi) is 10.5. The van der Waals surface area contributed by atoms with Gasteiger partial charge in [0.1, 0.15) is 11.5 Å². The van der Waals surface area contributed by atoms with Crippen LogP contribution in [-0.2, 0) is 20.7 Å². The van der Waals surface area contributed by atoms with Crippen molar-refractivity contribution in [1.82, 2.24) is 20.9 Å². The van der Waals surface area contributed by atoms with E-state index in [1.165, 1.54) is 5.57 Å². The van der Waals surface area contributed by atoms with E-state index in [4.69, 9.17) is 9.47 Å². The molecule has 0 saturated heterocycles. The van der Waals surface area contributed by atoms with Crippen LogP contribution in [0.25, 0.3) is 10.9 Å². The topological polar surface area (TPSA) is 104 Å².